The van der Waals surface area contributed by atoms with Crippen molar-refractivity contribution in [3.63, 3.8) is 0 Å². The molecule has 0 saturated carbocycles. The Morgan fingerprint density at radius 3 is 2.61 bits per heavy atom. The van der Waals surface area contributed by atoms with Gasteiger partial charge < -0.3 is 15.4 Å². The SMILES string of the molecule is COCC1(CNC(=O)c2cc(F)c(Cl)cc2Cl)CCNCC1.Cl. The van der Waals surface area contributed by atoms with Crippen molar-refractivity contribution in [3.05, 3.63) is 33.6 Å². The highest BCUT2D eigenvalue weighted by Crippen LogP contribution is 2.29. The third-order valence-corrected chi connectivity index (χ3v) is 4.60. The first kappa shape index (κ1) is 20.5. The molecule has 1 aliphatic heterocycles. The van der Waals surface area contributed by atoms with E-state index in [1.165, 1.54) is 6.07 Å². The van der Waals surface area contributed by atoms with E-state index < -0.39 is 11.7 Å². The fourth-order valence-electron chi connectivity index (χ4n) is 2.70. The smallest absolute Gasteiger partial charge is 0.252 e. The second-order valence-electron chi connectivity index (χ2n) is 5.61. The Bertz CT molecular complexity index is 546. The summed E-state index contributed by atoms with van der Waals surface area (Å²) in [6.07, 6.45) is 1.81. The van der Waals surface area contributed by atoms with Crippen molar-refractivity contribution in [3.8, 4) is 0 Å². The quantitative estimate of drug-likeness (QED) is 0.765. The number of halogens is 4. The van der Waals surface area contributed by atoms with Crippen LogP contribution in [0.15, 0.2) is 12.1 Å². The Balaban J connectivity index is 0.00000264. The maximum absolute atomic E-state index is 13.5. The fraction of sp³-hybridized carbons (Fsp3) is 0.533. The van der Waals surface area contributed by atoms with E-state index in [1.54, 1.807) is 7.11 Å². The predicted molar refractivity (Wildman–Crippen MR) is 92.4 cm³/mol. The minimum atomic E-state index is -0.662. The molecule has 1 aromatic carbocycles. The number of hydrogen-bond donors (Lipinski definition) is 2. The lowest BCUT2D eigenvalue weighted by molar-refractivity contribution is 0.0511. The summed E-state index contributed by atoms with van der Waals surface area (Å²) in [5.74, 6) is -1.07. The molecule has 23 heavy (non-hydrogen) atoms. The first-order valence-corrected chi connectivity index (χ1v) is 7.85. The minimum Gasteiger partial charge on any atom is -0.384 e. The van der Waals surface area contributed by atoms with E-state index in [0.717, 1.165) is 32.0 Å². The van der Waals surface area contributed by atoms with Crippen LogP contribution in [0.3, 0.4) is 0 Å². The largest absolute Gasteiger partial charge is 0.384 e. The van der Waals surface area contributed by atoms with Crippen LogP contribution in [0.25, 0.3) is 0 Å². The highest BCUT2D eigenvalue weighted by atomic mass is 35.5. The van der Waals surface area contributed by atoms with E-state index in [9.17, 15) is 9.18 Å². The number of rotatable bonds is 5. The number of amides is 1. The summed E-state index contributed by atoms with van der Waals surface area (Å²) in [5, 5.41) is 6.16. The van der Waals surface area contributed by atoms with Gasteiger partial charge in [0.1, 0.15) is 5.82 Å². The lowest BCUT2D eigenvalue weighted by Crippen LogP contribution is -2.47. The van der Waals surface area contributed by atoms with Crippen LogP contribution in [0.4, 0.5) is 4.39 Å². The van der Waals surface area contributed by atoms with Gasteiger partial charge in [-0.05, 0) is 38.1 Å². The number of hydrogen-bond acceptors (Lipinski definition) is 3. The molecular formula is C15H20Cl3FN2O2. The molecule has 0 spiro atoms. The summed E-state index contributed by atoms with van der Waals surface area (Å²) in [4.78, 5) is 12.3. The zero-order valence-electron chi connectivity index (χ0n) is 12.8. The molecule has 0 atom stereocenters. The number of ether oxygens (including phenoxy) is 1. The summed E-state index contributed by atoms with van der Waals surface area (Å²) in [5.41, 5.74) is -0.0160. The number of carbonyl (C=O) groups excluding carboxylic acids is 1. The summed E-state index contributed by atoms with van der Waals surface area (Å²) < 4.78 is 18.8. The second-order valence-corrected chi connectivity index (χ2v) is 6.43. The third kappa shape index (κ3) is 5.19. The van der Waals surface area contributed by atoms with E-state index in [4.69, 9.17) is 27.9 Å². The molecule has 1 aliphatic rings. The molecule has 0 aliphatic carbocycles. The molecule has 0 radical (unpaired) electrons. The van der Waals surface area contributed by atoms with Crippen LogP contribution in [-0.2, 0) is 4.74 Å². The average Bonchev–Trinajstić information content (AvgIpc) is 2.50. The van der Waals surface area contributed by atoms with Gasteiger partial charge in [-0.3, -0.25) is 4.79 Å². The van der Waals surface area contributed by atoms with Gasteiger partial charge in [0.2, 0.25) is 0 Å². The standard InChI is InChI=1S/C15H19Cl2FN2O2.ClH/c1-22-9-15(2-4-19-5-3-15)8-20-14(21)10-6-13(18)12(17)7-11(10)16;/h6-7,19H,2-5,8-9H2,1H3,(H,20,21);1H. The maximum atomic E-state index is 13.5. The lowest BCUT2D eigenvalue weighted by atomic mass is 9.79. The van der Waals surface area contributed by atoms with Crippen molar-refractivity contribution < 1.29 is 13.9 Å². The molecule has 0 bridgehead atoms. The van der Waals surface area contributed by atoms with E-state index in [-0.39, 0.29) is 33.4 Å². The van der Waals surface area contributed by atoms with Crippen LogP contribution in [0.2, 0.25) is 10.0 Å². The molecule has 8 heteroatoms. The Morgan fingerprint density at radius 2 is 2.00 bits per heavy atom. The van der Waals surface area contributed by atoms with Crippen molar-refractivity contribution in [2.75, 3.05) is 33.4 Å². The van der Waals surface area contributed by atoms with Gasteiger partial charge in [-0.15, -0.1) is 12.4 Å². The molecule has 130 valence electrons. The zero-order valence-corrected chi connectivity index (χ0v) is 15.1. The van der Waals surface area contributed by atoms with Crippen LogP contribution in [-0.4, -0.2) is 39.3 Å². The van der Waals surface area contributed by atoms with Crippen molar-refractivity contribution in [1.82, 2.24) is 10.6 Å². The Kier molecular flexibility index (Phi) is 8.04. The summed E-state index contributed by atoms with van der Waals surface area (Å²) in [6, 6.07) is 2.30. The monoisotopic (exact) mass is 384 g/mol. The lowest BCUT2D eigenvalue weighted by Gasteiger charge is -2.37. The normalized spacial score (nSPS) is 16.5. The average molecular weight is 386 g/mol. The molecule has 4 nitrogen and oxygen atoms in total. The van der Waals surface area contributed by atoms with Gasteiger partial charge in [-0.2, -0.15) is 0 Å². The van der Waals surface area contributed by atoms with Crippen LogP contribution in [0.1, 0.15) is 23.2 Å². The zero-order chi connectivity index (χ0) is 16.2. The Hall–Kier alpha value is -0.590. The van der Waals surface area contributed by atoms with Crippen molar-refractivity contribution in [1.29, 1.82) is 0 Å². The molecule has 2 rings (SSSR count). The number of methoxy groups -OCH3 is 1. The van der Waals surface area contributed by atoms with E-state index >= 15 is 0 Å². The van der Waals surface area contributed by atoms with Gasteiger partial charge in [-0.25, -0.2) is 4.39 Å². The number of nitrogens with one attached hydrogen (secondary N) is 2. The van der Waals surface area contributed by atoms with E-state index in [2.05, 4.69) is 10.6 Å². The molecule has 2 N–H and O–H groups in total. The van der Waals surface area contributed by atoms with Gasteiger partial charge in [0.15, 0.2) is 0 Å². The van der Waals surface area contributed by atoms with Gasteiger partial charge in [-0.1, -0.05) is 23.2 Å². The molecule has 1 heterocycles. The Morgan fingerprint density at radius 1 is 1.35 bits per heavy atom. The van der Waals surface area contributed by atoms with Crippen LogP contribution in [0.5, 0.6) is 0 Å². The van der Waals surface area contributed by atoms with Gasteiger partial charge in [0, 0.05) is 19.1 Å². The summed E-state index contributed by atoms with van der Waals surface area (Å²) in [6.45, 7) is 2.80. The van der Waals surface area contributed by atoms with Gasteiger partial charge in [0.05, 0.1) is 22.2 Å². The summed E-state index contributed by atoms with van der Waals surface area (Å²) in [7, 11) is 1.65. The number of carbonyl (C=O) groups is 1. The fourth-order valence-corrected chi connectivity index (χ4v) is 3.16. The first-order valence-electron chi connectivity index (χ1n) is 7.10. The van der Waals surface area contributed by atoms with Crippen LogP contribution < -0.4 is 10.6 Å². The third-order valence-electron chi connectivity index (χ3n) is 3.99. The highest BCUT2D eigenvalue weighted by molar-refractivity contribution is 6.36. The van der Waals surface area contributed by atoms with Crippen molar-refractivity contribution >= 4 is 41.5 Å². The van der Waals surface area contributed by atoms with Crippen LogP contribution >= 0.6 is 35.6 Å². The maximum Gasteiger partial charge on any atom is 0.252 e. The molecular weight excluding hydrogens is 366 g/mol. The number of piperidine rings is 1. The Labute approximate surface area is 151 Å². The molecule has 1 saturated heterocycles. The predicted octanol–water partition coefficient (Wildman–Crippen LogP) is 3.30. The number of benzene rings is 1. The molecule has 1 amide bonds. The van der Waals surface area contributed by atoms with Gasteiger partial charge in [0.25, 0.3) is 5.91 Å². The van der Waals surface area contributed by atoms with Gasteiger partial charge >= 0.3 is 0 Å². The van der Waals surface area contributed by atoms with E-state index in [0.29, 0.717) is 13.2 Å². The first-order chi connectivity index (χ1) is 10.5. The topological polar surface area (TPSA) is 50.4 Å². The van der Waals surface area contributed by atoms with E-state index in [1.807, 2.05) is 0 Å². The molecule has 1 fully saturated rings. The second kappa shape index (κ2) is 9.04. The molecule has 1 aromatic rings. The van der Waals surface area contributed by atoms with Crippen molar-refractivity contribution in [2.24, 2.45) is 5.41 Å². The molecule has 0 unspecified atom stereocenters. The minimum absolute atomic E-state index is 0. The van der Waals surface area contributed by atoms with Crippen LogP contribution in [0, 0.1) is 11.2 Å². The highest BCUT2D eigenvalue weighted by Gasteiger charge is 2.32. The molecule has 0 aromatic heterocycles. The summed E-state index contributed by atoms with van der Waals surface area (Å²) >= 11 is 11.6. The van der Waals surface area contributed by atoms with Crippen molar-refractivity contribution in [2.45, 2.75) is 12.8 Å².